The molecular weight excluding hydrogens is 417 g/mol. The van der Waals surface area contributed by atoms with E-state index in [4.69, 9.17) is 21.3 Å². The van der Waals surface area contributed by atoms with Crippen molar-refractivity contribution < 1.29 is 13.9 Å². The van der Waals surface area contributed by atoms with Gasteiger partial charge in [0.25, 0.3) is 0 Å². The predicted octanol–water partition coefficient (Wildman–Crippen LogP) is 4.98. The van der Waals surface area contributed by atoms with Crippen molar-refractivity contribution in [1.29, 1.82) is 0 Å². The van der Waals surface area contributed by atoms with Crippen LogP contribution in [-0.2, 0) is 16.1 Å². The molecule has 0 amide bonds. The van der Waals surface area contributed by atoms with Crippen molar-refractivity contribution in [3.63, 3.8) is 0 Å². The molecule has 1 aliphatic heterocycles. The SMILES string of the molecule is CC1=C(C(=O)OCc2ccccc2)C(c2ccc(F)cc2Cl)N=C(c2ccccn2)N1. The summed E-state index contributed by atoms with van der Waals surface area (Å²) in [7, 11) is 0. The molecule has 1 N–H and O–H groups in total. The van der Waals surface area contributed by atoms with Gasteiger partial charge >= 0.3 is 5.97 Å². The van der Waals surface area contributed by atoms with Crippen molar-refractivity contribution in [2.24, 2.45) is 4.99 Å². The number of aliphatic imine (C=N–C) groups is 1. The van der Waals surface area contributed by atoms with Crippen LogP contribution < -0.4 is 5.32 Å². The van der Waals surface area contributed by atoms with Gasteiger partial charge in [-0.3, -0.25) is 9.98 Å². The molecule has 1 aliphatic rings. The van der Waals surface area contributed by atoms with Crippen LogP contribution >= 0.6 is 11.6 Å². The molecule has 1 atom stereocenters. The highest BCUT2D eigenvalue weighted by Gasteiger charge is 2.32. The summed E-state index contributed by atoms with van der Waals surface area (Å²) in [6, 6.07) is 18.1. The molecule has 0 radical (unpaired) electrons. The maximum absolute atomic E-state index is 13.7. The number of nitrogens with one attached hydrogen (secondary N) is 1. The molecule has 0 spiro atoms. The first kappa shape index (κ1) is 20.8. The van der Waals surface area contributed by atoms with Gasteiger partial charge in [0.1, 0.15) is 24.2 Å². The monoisotopic (exact) mass is 435 g/mol. The summed E-state index contributed by atoms with van der Waals surface area (Å²) in [5.41, 5.74) is 2.86. The average molecular weight is 436 g/mol. The fourth-order valence-electron chi connectivity index (χ4n) is 3.32. The molecule has 0 aliphatic carbocycles. The number of aromatic nitrogens is 1. The van der Waals surface area contributed by atoms with E-state index in [0.717, 1.165) is 5.56 Å². The molecule has 31 heavy (non-hydrogen) atoms. The number of carbonyl (C=O) groups is 1. The van der Waals surface area contributed by atoms with Gasteiger partial charge in [0, 0.05) is 22.5 Å². The van der Waals surface area contributed by atoms with Crippen LogP contribution in [0.3, 0.4) is 0 Å². The Bertz CT molecular complexity index is 1160. The number of nitrogens with zero attached hydrogens (tertiary/aromatic N) is 2. The van der Waals surface area contributed by atoms with Crippen molar-refractivity contribution in [2.75, 3.05) is 0 Å². The van der Waals surface area contributed by atoms with Gasteiger partial charge in [-0.15, -0.1) is 0 Å². The van der Waals surface area contributed by atoms with E-state index in [2.05, 4.69) is 10.3 Å². The van der Waals surface area contributed by atoms with Gasteiger partial charge in [-0.05, 0) is 36.8 Å². The molecule has 0 saturated heterocycles. The molecule has 5 nitrogen and oxygen atoms in total. The van der Waals surface area contributed by atoms with Crippen molar-refractivity contribution in [1.82, 2.24) is 10.3 Å². The number of esters is 1. The quantitative estimate of drug-likeness (QED) is 0.574. The van der Waals surface area contributed by atoms with E-state index in [0.29, 0.717) is 28.4 Å². The number of allylic oxidation sites excluding steroid dienone is 1. The predicted molar refractivity (Wildman–Crippen MR) is 117 cm³/mol. The summed E-state index contributed by atoms with van der Waals surface area (Å²) in [6.07, 6.45) is 1.65. The van der Waals surface area contributed by atoms with Crippen molar-refractivity contribution in [3.05, 3.63) is 112 Å². The van der Waals surface area contributed by atoms with Crippen molar-refractivity contribution >= 4 is 23.4 Å². The summed E-state index contributed by atoms with van der Waals surface area (Å²) in [5.74, 6) is -0.503. The Hall–Kier alpha value is -3.51. The highest BCUT2D eigenvalue weighted by atomic mass is 35.5. The molecule has 1 unspecified atom stereocenters. The van der Waals surface area contributed by atoms with Gasteiger partial charge in [-0.1, -0.05) is 54.1 Å². The molecule has 0 bridgehead atoms. The van der Waals surface area contributed by atoms with E-state index in [1.165, 1.54) is 18.2 Å². The molecule has 156 valence electrons. The van der Waals surface area contributed by atoms with Crippen molar-refractivity contribution in [2.45, 2.75) is 19.6 Å². The third kappa shape index (κ3) is 4.64. The average Bonchev–Trinajstić information content (AvgIpc) is 2.78. The lowest BCUT2D eigenvalue weighted by molar-refractivity contribution is -0.140. The first-order valence-corrected chi connectivity index (χ1v) is 10.0. The second kappa shape index (κ2) is 9.10. The molecule has 1 aromatic heterocycles. The molecule has 7 heteroatoms. The van der Waals surface area contributed by atoms with Gasteiger partial charge in [-0.2, -0.15) is 0 Å². The first-order valence-electron chi connectivity index (χ1n) is 9.66. The maximum atomic E-state index is 13.7. The number of carbonyl (C=O) groups excluding carboxylic acids is 1. The molecule has 0 fully saturated rings. The molecule has 2 aromatic carbocycles. The third-order valence-corrected chi connectivity index (χ3v) is 5.17. The van der Waals surface area contributed by atoms with Gasteiger partial charge in [0.15, 0.2) is 5.84 Å². The number of hydrogen-bond donors (Lipinski definition) is 1. The van der Waals surface area contributed by atoms with E-state index >= 15 is 0 Å². The van der Waals surface area contributed by atoms with E-state index < -0.39 is 17.8 Å². The lowest BCUT2D eigenvalue weighted by Gasteiger charge is -2.26. The lowest BCUT2D eigenvalue weighted by atomic mass is 9.95. The van der Waals surface area contributed by atoms with Crippen LogP contribution in [0.25, 0.3) is 0 Å². The Balaban J connectivity index is 1.70. The highest BCUT2D eigenvalue weighted by molar-refractivity contribution is 6.31. The zero-order valence-corrected chi connectivity index (χ0v) is 17.4. The minimum Gasteiger partial charge on any atom is -0.457 e. The minimum absolute atomic E-state index is 0.122. The fourth-order valence-corrected chi connectivity index (χ4v) is 3.59. The van der Waals surface area contributed by atoms with E-state index in [1.807, 2.05) is 36.4 Å². The molecular formula is C24H19ClFN3O2. The minimum atomic E-state index is -0.769. The van der Waals surface area contributed by atoms with Crippen molar-refractivity contribution in [3.8, 4) is 0 Å². The Kier molecular flexibility index (Phi) is 6.09. The van der Waals surface area contributed by atoms with Crippen LogP contribution in [0.1, 0.15) is 29.8 Å². The Labute approximate surface area is 184 Å². The Morgan fingerprint density at radius 2 is 1.90 bits per heavy atom. The molecule has 4 rings (SSSR count). The summed E-state index contributed by atoms with van der Waals surface area (Å²) in [4.78, 5) is 22.1. The lowest BCUT2D eigenvalue weighted by Crippen LogP contribution is -2.33. The van der Waals surface area contributed by atoms with Crippen LogP contribution in [0.4, 0.5) is 4.39 Å². The molecule has 3 aromatic rings. The Morgan fingerprint density at radius 1 is 1.13 bits per heavy atom. The van der Waals surface area contributed by atoms with Gasteiger partial charge in [0.05, 0.1) is 5.57 Å². The number of rotatable bonds is 5. The van der Waals surface area contributed by atoms with Crippen LogP contribution in [0, 0.1) is 5.82 Å². The number of halogens is 2. The smallest absolute Gasteiger partial charge is 0.338 e. The van der Waals surface area contributed by atoms with E-state index in [1.54, 1.807) is 25.3 Å². The second-order valence-electron chi connectivity index (χ2n) is 6.99. The number of amidine groups is 1. The topological polar surface area (TPSA) is 63.6 Å². The molecule has 2 heterocycles. The summed E-state index contributed by atoms with van der Waals surface area (Å²) >= 11 is 6.33. The number of hydrogen-bond acceptors (Lipinski definition) is 5. The van der Waals surface area contributed by atoms with Crippen LogP contribution in [-0.4, -0.2) is 16.8 Å². The third-order valence-electron chi connectivity index (χ3n) is 4.84. The van der Waals surface area contributed by atoms with Crippen LogP contribution in [0.2, 0.25) is 5.02 Å². The summed E-state index contributed by atoms with van der Waals surface area (Å²) in [5, 5.41) is 3.32. The first-order chi connectivity index (χ1) is 15.0. The fraction of sp³-hybridized carbons (Fsp3) is 0.125. The van der Waals surface area contributed by atoms with E-state index in [-0.39, 0.29) is 11.6 Å². The summed E-state index contributed by atoms with van der Waals surface area (Å²) < 4.78 is 19.2. The zero-order valence-electron chi connectivity index (χ0n) is 16.7. The standard InChI is InChI=1S/C24H19ClFN3O2/c1-15-21(24(30)31-14-16-7-3-2-4-8-16)22(18-11-10-17(26)13-19(18)25)29-23(28-15)20-9-5-6-12-27-20/h2-13,22H,14H2,1H3,(H,28,29). The van der Waals surface area contributed by atoms with Crippen LogP contribution in [0.15, 0.2) is 89.2 Å². The normalized spacial score (nSPS) is 15.8. The van der Waals surface area contributed by atoms with E-state index in [9.17, 15) is 9.18 Å². The number of ether oxygens (including phenoxy) is 1. The van der Waals surface area contributed by atoms with Crippen LogP contribution in [0.5, 0.6) is 0 Å². The summed E-state index contributed by atoms with van der Waals surface area (Å²) in [6.45, 7) is 1.89. The number of benzene rings is 2. The second-order valence-corrected chi connectivity index (χ2v) is 7.39. The molecule has 0 saturated carbocycles. The van der Waals surface area contributed by atoms with Gasteiger partial charge in [0.2, 0.25) is 0 Å². The highest BCUT2D eigenvalue weighted by Crippen LogP contribution is 2.36. The maximum Gasteiger partial charge on any atom is 0.338 e. The zero-order chi connectivity index (χ0) is 21.8. The largest absolute Gasteiger partial charge is 0.457 e. The number of pyridine rings is 1. The Morgan fingerprint density at radius 3 is 2.61 bits per heavy atom. The van der Waals surface area contributed by atoms with Gasteiger partial charge in [-0.25, -0.2) is 9.18 Å². The van der Waals surface area contributed by atoms with Gasteiger partial charge < -0.3 is 10.1 Å².